The van der Waals surface area contributed by atoms with Gasteiger partial charge >= 0.3 is 0 Å². The second-order valence-electron chi connectivity index (χ2n) is 8.10. The maximum atomic E-state index is 14.7. The zero-order valence-corrected chi connectivity index (χ0v) is 19.1. The van der Waals surface area contributed by atoms with E-state index in [9.17, 15) is 18.0 Å². The molecule has 2 aromatic heterocycles. The summed E-state index contributed by atoms with van der Waals surface area (Å²) in [6.07, 6.45) is -1.76. The summed E-state index contributed by atoms with van der Waals surface area (Å²) in [6, 6.07) is 6.08. The molecule has 1 aliphatic heterocycles. The zero-order valence-electron chi connectivity index (χ0n) is 19.1. The Kier molecular flexibility index (Phi) is 7.03. The van der Waals surface area contributed by atoms with Crippen molar-refractivity contribution in [2.24, 2.45) is 5.11 Å². The molecule has 10 nitrogen and oxygen atoms in total. The van der Waals surface area contributed by atoms with Gasteiger partial charge in [0.1, 0.15) is 17.4 Å². The number of benzene rings is 1. The van der Waals surface area contributed by atoms with Crippen LogP contribution in [0.5, 0.6) is 5.88 Å². The Morgan fingerprint density at radius 3 is 2.83 bits per heavy atom. The molecule has 0 bridgehead atoms. The lowest BCUT2D eigenvalue weighted by molar-refractivity contribution is -0.131. The number of aromatic nitrogens is 3. The first-order valence-electron chi connectivity index (χ1n) is 10.9. The molecule has 1 aromatic carbocycles. The lowest BCUT2D eigenvalue weighted by atomic mass is 10.0. The molecule has 1 saturated heterocycles. The normalized spacial score (nSPS) is 18.1. The Morgan fingerprint density at radius 2 is 2.17 bits per heavy atom. The Bertz CT molecular complexity index is 1230. The van der Waals surface area contributed by atoms with Crippen LogP contribution in [0.1, 0.15) is 13.3 Å². The predicted molar refractivity (Wildman–Crippen MR) is 123 cm³/mol. The summed E-state index contributed by atoms with van der Waals surface area (Å²) in [5.41, 5.74) is 9.65. The minimum absolute atomic E-state index is 0.00256. The smallest absolute Gasteiger partial charge is 0.255 e. The van der Waals surface area contributed by atoms with Gasteiger partial charge < -0.3 is 20.3 Å². The molecule has 0 radical (unpaired) electrons. The number of nitrogens with one attached hydrogen (secondary N) is 3. The van der Waals surface area contributed by atoms with Crippen molar-refractivity contribution in [3.05, 3.63) is 30.5 Å². The molecule has 35 heavy (non-hydrogen) atoms. The highest BCUT2D eigenvalue weighted by atomic mass is 19.3. The molecule has 1 fully saturated rings. The van der Waals surface area contributed by atoms with Crippen LogP contribution in [0.3, 0.4) is 0 Å². The number of alkyl halides is 3. The SMILES string of the molecule is COc1nc(N[C@H]2CCN(C(C)=O)C[C@H]2F)nn2ccc(-c3ccc(N=N)c(NCC(F)F)c3)c12. The Hall–Kier alpha value is -3.90. The van der Waals surface area contributed by atoms with Crippen LogP contribution in [0.25, 0.3) is 16.6 Å². The van der Waals surface area contributed by atoms with E-state index in [2.05, 4.69) is 25.8 Å². The second kappa shape index (κ2) is 10.2. The molecule has 186 valence electrons. The van der Waals surface area contributed by atoms with Crippen molar-refractivity contribution < 1.29 is 22.7 Å². The van der Waals surface area contributed by atoms with Crippen LogP contribution >= 0.6 is 0 Å². The Balaban J connectivity index is 1.64. The Morgan fingerprint density at radius 1 is 1.37 bits per heavy atom. The third kappa shape index (κ3) is 5.12. The van der Waals surface area contributed by atoms with E-state index in [4.69, 9.17) is 10.3 Å². The lowest BCUT2D eigenvalue weighted by Crippen LogP contribution is -2.49. The van der Waals surface area contributed by atoms with Gasteiger partial charge in [0.25, 0.3) is 6.43 Å². The number of anilines is 2. The molecule has 13 heteroatoms. The van der Waals surface area contributed by atoms with Crippen molar-refractivity contribution in [3.63, 3.8) is 0 Å². The fraction of sp³-hybridized carbons (Fsp3) is 0.409. The molecular weight excluding hydrogens is 465 g/mol. The van der Waals surface area contributed by atoms with E-state index < -0.39 is 25.2 Å². The minimum Gasteiger partial charge on any atom is -0.479 e. The van der Waals surface area contributed by atoms with E-state index >= 15 is 0 Å². The van der Waals surface area contributed by atoms with E-state index in [1.54, 1.807) is 30.5 Å². The summed E-state index contributed by atoms with van der Waals surface area (Å²) < 4.78 is 47.1. The van der Waals surface area contributed by atoms with Gasteiger partial charge in [0, 0.05) is 25.2 Å². The number of ether oxygens (including phenoxy) is 1. The van der Waals surface area contributed by atoms with E-state index in [-0.39, 0.29) is 30.0 Å². The number of nitrogens with zero attached hydrogens (tertiary/aromatic N) is 5. The Labute approximate surface area is 199 Å². The first-order valence-corrected chi connectivity index (χ1v) is 10.9. The number of amides is 1. The number of piperidine rings is 1. The van der Waals surface area contributed by atoms with Gasteiger partial charge in [0.15, 0.2) is 0 Å². The third-order valence-electron chi connectivity index (χ3n) is 5.85. The average molecular weight is 490 g/mol. The monoisotopic (exact) mass is 490 g/mol. The van der Waals surface area contributed by atoms with Crippen LogP contribution in [-0.4, -0.2) is 70.8 Å². The lowest BCUT2D eigenvalue weighted by Gasteiger charge is -2.34. The molecule has 2 atom stereocenters. The molecule has 0 saturated carbocycles. The van der Waals surface area contributed by atoms with E-state index in [1.807, 2.05) is 0 Å². The van der Waals surface area contributed by atoms with Crippen molar-refractivity contribution in [2.45, 2.75) is 32.0 Å². The third-order valence-corrected chi connectivity index (χ3v) is 5.85. The van der Waals surface area contributed by atoms with Gasteiger partial charge in [-0.05, 0) is 30.2 Å². The first kappa shape index (κ1) is 24.2. The molecule has 0 aliphatic carbocycles. The van der Waals surface area contributed by atoms with Gasteiger partial charge in [0.05, 0.1) is 31.9 Å². The van der Waals surface area contributed by atoms with Crippen LogP contribution in [0.2, 0.25) is 0 Å². The number of methoxy groups -OCH3 is 1. The van der Waals surface area contributed by atoms with Crippen LogP contribution in [0, 0.1) is 5.53 Å². The zero-order chi connectivity index (χ0) is 25.1. The summed E-state index contributed by atoms with van der Waals surface area (Å²) >= 11 is 0. The molecule has 0 spiro atoms. The van der Waals surface area contributed by atoms with Crippen molar-refractivity contribution in [1.29, 1.82) is 5.53 Å². The number of rotatable bonds is 8. The van der Waals surface area contributed by atoms with Gasteiger partial charge in [0.2, 0.25) is 17.7 Å². The summed E-state index contributed by atoms with van der Waals surface area (Å²) in [5, 5.41) is 13.4. The minimum atomic E-state index is -2.56. The molecule has 4 rings (SSSR count). The van der Waals surface area contributed by atoms with Crippen molar-refractivity contribution in [2.75, 3.05) is 37.4 Å². The predicted octanol–water partition coefficient (Wildman–Crippen LogP) is 4.12. The summed E-state index contributed by atoms with van der Waals surface area (Å²) in [4.78, 5) is 17.4. The van der Waals surface area contributed by atoms with Crippen LogP contribution in [-0.2, 0) is 4.79 Å². The van der Waals surface area contributed by atoms with Crippen LogP contribution < -0.4 is 15.4 Å². The quantitative estimate of drug-likeness (QED) is 0.409. The maximum Gasteiger partial charge on any atom is 0.255 e. The van der Waals surface area contributed by atoms with Gasteiger partial charge in [-0.15, -0.1) is 5.10 Å². The van der Waals surface area contributed by atoms with E-state index in [1.165, 1.54) is 23.4 Å². The highest BCUT2D eigenvalue weighted by Crippen LogP contribution is 2.36. The van der Waals surface area contributed by atoms with E-state index in [0.29, 0.717) is 35.3 Å². The molecule has 1 aliphatic rings. The number of halogens is 3. The first-order chi connectivity index (χ1) is 16.8. The number of carbonyl (C=O) groups is 1. The van der Waals surface area contributed by atoms with Gasteiger partial charge in [-0.3, -0.25) is 4.79 Å². The van der Waals surface area contributed by atoms with Gasteiger partial charge in [-0.25, -0.2) is 23.2 Å². The molecule has 0 unspecified atom stereocenters. The van der Waals surface area contributed by atoms with E-state index in [0.717, 1.165) is 0 Å². The average Bonchev–Trinajstić information content (AvgIpc) is 3.27. The number of hydrogen-bond acceptors (Lipinski definition) is 8. The van der Waals surface area contributed by atoms with Crippen LogP contribution in [0.15, 0.2) is 35.6 Å². The maximum absolute atomic E-state index is 14.7. The van der Waals surface area contributed by atoms with Crippen LogP contribution in [0.4, 0.5) is 30.5 Å². The molecule has 3 aromatic rings. The van der Waals surface area contributed by atoms with Crippen molar-refractivity contribution in [3.8, 4) is 17.0 Å². The molecule has 3 N–H and O–H groups in total. The van der Waals surface area contributed by atoms with Gasteiger partial charge in [-0.2, -0.15) is 10.1 Å². The standard InChI is InChI=1S/C22H25F3N8O2/c1-12(34)32-7-6-16(15(23)11-32)28-22-29-21(35-2)20-14(5-8-33(20)31-22)13-3-4-17(30-26)18(9-13)27-10-19(24)25/h3-5,8-9,15-16,19,26-27H,6-7,10-11H2,1-2H3,(H,28,31)/t15-,16+/m1/s1. The fourth-order valence-corrected chi connectivity index (χ4v) is 4.08. The van der Waals surface area contributed by atoms with Crippen molar-refractivity contribution in [1.82, 2.24) is 19.5 Å². The summed E-state index contributed by atoms with van der Waals surface area (Å²) in [5.74, 6) is 0.237. The summed E-state index contributed by atoms with van der Waals surface area (Å²) in [7, 11) is 1.45. The fourth-order valence-electron chi connectivity index (χ4n) is 4.08. The number of likely N-dealkylation sites (tertiary alicyclic amines) is 1. The topological polar surface area (TPSA) is 120 Å². The molecule has 1 amide bonds. The highest BCUT2D eigenvalue weighted by molar-refractivity contribution is 5.87. The van der Waals surface area contributed by atoms with Gasteiger partial charge in [-0.1, -0.05) is 6.07 Å². The number of carbonyl (C=O) groups excluding carboxylic acids is 1. The number of hydrogen-bond donors (Lipinski definition) is 3. The largest absolute Gasteiger partial charge is 0.479 e. The molecule has 3 heterocycles. The summed E-state index contributed by atoms with van der Waals surface area (Å²) in [6.45, 7) is 1.27. The van der Waals surface area contributed by atoms with Crippen molar-refractivity contribution >= 4 is 28.7 Å². The molecular formula is C22H25F3N8O2. The highest BCUT2D eigenvalue weighted by Gasteiger charge is 2.31. The number of fused-ring (bicyclic) bond motifs is 1. The second-order valence-corrected chi connectivity index (χ2v) is 8.10.